The van der Waals surface area contributed by atoms with E-state index in [1.54, 1.807) is 0 Å². The molecule has 0 spiro atoms. The number of hydrogen-bond donors (Lipinski definition) is 0. The van der Waals surface area contributed by atoms with Gasteiger partial charge in [0.15, 0.2) is 11.5 Å². The van der Waals surface area contributed by atoms with Crippen LogP contribution in [0.25, 0.3) is 0 Å². The Morgan fingerprint density at radius 1 is 1.31 bits per heavy atom. The fourth-order valence-corrected chi connectivity index (χ4v) is 0.843. The van der Waals surface area contributed by atoms with Gasteiger partial charge in [0.05, 0.1) is 5.02 Å². The molecule has 0 aliphatic heterocycles. The van der Waals surface area contributed by atoms with Crippen LogP contribution >= 0.6 is 11.6 Å². The summed E-state index contributed by atoms with van der Waals surface area (Å²) in [6, 6.07) is 2.77. The molecule has 6 heteroatoms. The Morgan fingerprint density at radius 2 is 1.92 bits per heavy atom. The summed E-state index contributed by atoms with van der Waals surface area (Å²) in [4.78, 5) is 0. The average molecular weight is 212 g/mol. The van der Waals surface area contributed by atoms with Crippen molar-refractivity contribution >= 4 is 11.6 Å². The van der Waals surface area contributed by atoms with E-state index in [-0.39, 0.29) is 5.02 Å². The van der Waals surface area contributed by atoms with E-state index in [0.717, 1.165) is 12.1 Å². The number of halogens is 4. The predicted octanol–water partition coefficient (Wildman–Crippen LogP) is 3.38. The first-order valence-corrected chi connectivity index (χ1v) is 3.48. The van der Waals surface area contributed by atoms with E-state index in [9.17, 15) is 18.3 Å². The van der Waals surface area contributed by atoms with Gasteiger partial charge >= 0.3 is 6.36 Å². The molecule has 0 unspecified atom stereocenters. The van der Waals surface area contributed by atoms with Gasteiger partial charge in [-0.2, -0.15) is 0 Å². The van der Waals surface area contributed by atoms with Gasteiger partial charge < -0.3 is 4.74 Å². The van der Waals surface area contributed by atoms with Gasteiger partial charge in [-0.25, -0.2) is 0 Å². The van der Waals surface area contributed by atoms with Crippen molar-refractivity contribution in [1.29, 1.82) is 0 Å². The minimum absolute atomic E-state index is 0.253. The van der Waals surface area contributed by atoms with Crippen molar-refractivity contribution in [3.63, 3.8) is 0 Å². The second-order valence-electron chi connectivity index (χ2n) is 2.14. The summed E-state index contributed by atoms with van der Waals surface area (Å²) in [5.41, 5.74) is 0. The molecule has 71 valence electrons. The summed E-state index contributed by atoms with van der Waals surface area (Å²) < 4.78 is 38.5. The third-order valence-corrected chi connectivity index (χ3v) is 1.44. The van der Waals surface area contributed by atoms with Crippen LogP contribution in [-0.2, 0) is 5.11 Å². The molecule has 0 fully saturated rings. The van der Waals surface area contributed by atoms with Crippen molar-refractivity contribution in [1.82, 2.24) is 0 Å². The van der Waals surface area contributed by atoms with Crippen LogP contribution in [0.15, 0.2) is 18.2 Å². The molecule has 0 saturated carbocycles. The smallest absolute Gasteiger partial charge is 0.404 e. The molecule has 0 aliphatic carbocycles. The summed E-state index contributed by atoms with van der Waals surface area (Å²) in [6.07, 6.45) is -4.84. The van der Waals surface area contributed by atoms with Crippen LogP contribution in [0.2, 0.25) is 5.02 Å². The molecule has 0 heterocycles. The molecule has 0 amide bonds. The van der Waals surface area contributed by atoms with Crippen molar-refractivity contribution < 1.29 is 23.0 Å². The molecular weight excluding hydrogens is 209 g/mol. The highest BCUT2D eigenvalue weighted by atomic mass is 35.5. The van der Waals surface area contributed by atoms with Crippen LogP contribution in [-0.4, -0.2) is 6.36 Å². The van der Waals surface area contributed by atoms with E-state index >= 15 is 0 Å². The topological polar surface area (TPSA) is 29.1 Å². The van der Waals surface area contributed by atoms with E-state index in [1.165, 1.54) is 0 Å². The SMILES string of the molecule is [O]c1ccc(Cl)c(OC(F)(F)F)c1. The van der Waals surface area contributed by atoms with Crippen LogP contribution < -0.4 is 4.74 Å². The Balaban J connectivity index is 2.94. The van der Waals surface area contributed by atoms with E-state index in [4.69, 9.17) is 11.6 Å². The molecule has 1 aromatic carbocycles. The lowest BCUT2D eigenvalue weighted by Gasteiger charge is -2.09. The molecule has 0 aliphatic rings. The number of alkyl halides is 3. The summed E-state index contributed by atoms with van der Waals surface area (Å²) in [6.45, 7) is 0. The first-order chi connectivity index (χ1) is 5.88. The van der Waals surface area contributed by atoms with Gasteiger partial charge in [-0.05, 0) is 12.1 Å². The van der Waals surface area contributed by atoms with Crippen molar-refractivity contribution in [3.8, 4) is 11.5 Å². The summed E-state index contributed by atoms with van der Waals surface area (Å²) in [7, 11) is 0. The lowest BCUT2D eigenvalue weighted by Crippen LogP contribution is -2.17. The van der Waals surface area contributed by atoms with Gasteiger partial charge in [-0.1, -0.05) is 11.6 Å². The highest BCUT2D eigenvalue weighted by Gasteiger charge is 2.32. The average Bonchev–Trinajstić information content (AvgIpc) is 1.94. The lowest BCUT2D eigenvalue weighted by molar-refractivity contribution is -0.274. The highest BCUT2D eigenvalue weighted by molar-refractivity contribution is 6.32. The zero-order valence-corrected chi connectivity index (χ0v) is 6.82. The molecule has 13 heavy (non-hydrogen) atoms. The van der Waals surface area contributed by atoms with Crippen LogP contribution in [0.1, 0.15) is 0 Å². The maximum absolute atomic E-state index is 11.7. The maximum atomic E-state index is 11.7. The molecule has 2 nitrogen and oxygen atoms in total. The molecule has 0 bridgehead atoms. The van der Waals surface area contributed by atoms with Gasteiger partial charge in [0.25, 0.3) is 0 Å². The van der Waals surface area contributed by atoms with Crippen LogP contribution in [0.5, 0.6) is 11.5 Å². The number of benzene rings is 1. The van der Waals surface area contributed by atoms with Gasteiger partial charge in [-0.3, -0.25) is 5.11 Å². The lowest BCUT2D eigenvalue weighted by atomic mass is 10.3. The highest BCUT2D eigenvalue weighted by Crippen LogP contribution is 2.32. The second kappa shape index (κ2) is 3.33. The molecule has 1 rings (SSSR count). The third kappa shape index (κ3) is 3.02. The van der Waals surface area contributed by atoms with Crippen molar-refractivity contribution in [3.05, 3.63) is 23.2 Å². The monoisotopic (exact) mass is 211 g/mol. The fourth-order valence-electron chi connectivity index (χ4n) is 0.687. The second-order valence-corrected chi connectivity index (χ2v) is 2.55. The number of rotatable bonds is 1. The molecule has 0 N–H and O–H groups in total. The molecule has 0 saturated heterocycles. The third-order valence-electron chi connectivity index (χ3n) is 1.13. The Morgan fingerprint density at radius 3 is 2.46 bits per heavy atom. The summed E-state index contributed by atoms with van der Waals surface area (Å²) in [5, 5.41) is 10.4. The van der Waals surface area contributed by atoms with E-state index in [0.29, 0.717) is 6.07 Å². The van der Waals surface area contributed by atoms with Crippen molar-refractivity contribution in [2.45, 2.75) is 6.36 Å². The van der Waals surface area contributed by atoms with Crippen molar-refractivity contribution in [2.24, 2.45) is 0 Å². The maximum Gasteiger partial charge on any atom is 0.573 e. The van der Waals surface area contributed by atoms with Gasteiger partial charge in [0.2, 0.25) is 0 Å². The standard InChI is InChI=1S/C7H3ClF3O2/c8-5-2-1-4(12)3-6(5)13-7(9,10)11/h1-3H. The zero-order chi connectivity index (χ0) is 10.1. The van der Waals surface area contributed by atoms with E-state index in [1.807, 2.05) is 0 Å². The number of hydrogen-bond acceptors (Lipinski definition) is 1. The minimum Gasteiger partial charge on any atom is -0.404 e. The van der Waals surface area contributed by atoms with Gasteiger partial charge in [-0.15, -0.1) is 13.2 Å². The Kier molecular flexibility index (Phi) is 2.56. The quantitative estimate of drug-likeness (QED) is 0.700. The Hall–Kier alpha value is -1.10. The van der Waals surface area contributed by atoms with Crippen LogP contribution in [0.4, 0.5) is 13.2 Å². The largest absolute Gasteiger partial charge is 0.573 e. The fraction of sp³-hybridized carbons (Fsp3) is 0.143. The van der Waals surface area contributed by atoms with Gasteiger partial charge in [0.1, 0.15) is 0 Å². The summed E-state index contributed by atoms with van der Waals surface area (Å²) >= 11 is 5.34. The first-order valence-electron chi connectivity index (χ1n) is 3.11. The van der Waals surface area contributed by atoms with E-state index in [2.05, 4.69) is 4.74 Å². The molecular formula is C7H3ClF3O2. The molecule has 0 aromatic heterocycles. The van der Waals surface area contributed by atoms with Crippen LogP contribution in [0.3, 0.4) is 0 Å². The van der Waals surface area contributed by atoms with Crippen LogP contribution in [0, 0.1) is 0 Å². The Labute approximate surface area is 76.5 Å². The van der Waals surface area contributed by atoms with Gasteiger partial charge in [0, 0.05) is 6.07 Å². The molecule has 1 aromatic rings. The van der Waals surface area contributed by atoms with E-state index < -0.39 is 17.9 Å². The number of ether oxygens (including phenoxy) is 1. The first kappa shape index (κ1) is 9.98. The minimum atomic E-state index is -4.84. The molecule has 1 radical (unpaired) electrons. The molecule has 0 atom stereocenters. The normalized spacial score (nSPS) is 11.4. The predicted molar refractivity (Wildman–Crippen MR) is 38.3 cm³/mol. The summed E-state index contributed by atoms with van der Waals surface area (Å²) in [5.74, 6) is -1.27. The Bertz CT molecular complexity index is 311. The van der Waals surface area contributed by atoms with Crippen molar-refractivity contribution in [2.75, 3.05) is 0 Å². The zero-order valence-electron chi connectivity index (χ0n) is 6.06.